The molecule has 0 saturated carbocycles. The summed E-state index contributed by atoms with van der Waals surface area (Å²) in [5.74, 6) is -0.483. The molecular weight excluding hydrogens is 427 g/mol. The third-order valence-corrected chi connectivity index (χ3v) is 8.25. The molecule has 0 aliphatic carbocycles. The van der Waals surface area contributed by atoms with Gasteiger partial charge in [-0.15, -0.1) is 4.36 Å². The normalized spacial score (nSPS) is 19.1. The number of amides is 2. The first-order valence-electron chi connectivity index (χ1n) is 9.65. The van der Waals surface area contributed by atoms with Crippen LogP contribution in [0.4, 0.5) is 14.9 Å². The number of anilines is 1. The zero-order valence-electron chi connectivity index (χ0n) is 18.4. The maximum atomic E-state index is 14.1. The predicted octanol–water partition coefficient (Wildman–Crippen LogP) is 4.52. The number of halogens is 1. The first-order valence-corrected chi connectivity index (χ1v) is 12.1. The van der Waals surface area contributed by atoms with Gasteiger partial charge in [0.05, 0.1) is 5.60 Å². The Labute approximate surface area is 182 Å². The Morgan fingerprint density at radius 3 is 2.20 bits per heavy atom. The van der Waals surface area contributed by atoms with Crippen molar-refractivity contribution in [1.29, 1.82) is 0 Å². The van der Waals surface area contributed by atoms with Crippen LogP contribution in [0.1, 0.15) is 64.5 Å². The minimum atomic E-state index is -3.52. The maximum Gasteiger partial charge on any atom is 0.354 e. The van der Waals surface area contributed by atoms with Crippen LogP contribution in [0, 0.1) is 5.82 Å². The van der Waals surface area contributed by atoms with Gasteiger partial charge >= 0.3 is 6.03 Å². The summed E-state index contributed by atoms with van der Waals surface area (Å²) in [7, 11) is -1.80. The first kappa shape index (κ1) is 24.6. The van der Waals surface area contributed by atoms with Crippen LogP contribution < -0.4 is 10.5 Å². The highest BCUT2D eigenvalue weighted by molar-refractivity contribution is 8.19. The molecule has 2 amide bonds. The standard InChI is InChI=1S/C20H31FN4O3S2/c1-11(2)14-8-13(21)9-15(12(3)4)17(14)23-19(26)24-30(22,28)16-10-25(7)18(29-16)20(5,6)27/h8-12,18,27H,1-7H3,(H3,22,23,24,26,28). The smallest absolute Gasteiger partial charge is 0.354 e. The van der Waals surface area contributed by atoms with Gasteiger partial charge in [-0.2, -0.15) is 0 Å². The largest absolute Gasteiger partial charge is 0.387 e. The SMILES string of the molecule is CC(C)c1cc(F)cc(C(C)C)c1NC(=O)N=S(N)(=O)C1=CN(C)C(C(C)(C)O)S1. The van der Waals surface area contributed by atoms with Crippen LogP contribution in [0.15, 0.2) is 26.9 Å². The lowest BCUT2D eigenvalue weighted by atomic mass is 9.92. The second-order valence-corrected chi connectivity index (χ2v) is 11.7. The van der Waals surface area contributed by atoms with E-state index in [0.29, 0.717) is 16.8 Å². The molecule has 1 aromatic rings. The van der Waals surface area contributed by atoms with Crippen LogP contribution in [0.3, 0.4) is 0 Å². The molecule has 0 aromatic heterocycles. The van der Waals surface area contributed by atoms with Crippen LogP contribution in [-0.2, 0) is 9.92 Å². The van der Waals surface area contributed by atoms with Gasteiger partial charge in [-0.3, -0.25) is 0 Å². The molecule has 2 unspecified atom stereocenters. The van der Waals surface area contributed by atoms with E-state index in [9.17, 15) is 18.5 Å². The number of carbonyl (C=O) groups is 1. The summed E-state index contributed by atoms with van der Waals surface area (Å²) in [6.07, 6.45) is 1.53. The molecule has 1 heterocycles. The van der Waals surface area contributed by atoms with E-state index >= 15 is 0 Å². The van der Waals surface area contributed by atoms with Crippen LogP contribution >= 0.6 is 11.8 Å². The topological polar surface area (TPSA) is 108 Å². The fraction of sp³-hybridized carbons (Fsp3) is 0.550. The fourth-order valence-electron chi connectivity index (χ4n) is 3.25. The van der Waals surface area contributed by atoms with Crippen LogP contribution in [0.2, 0.25) is 0 Å². The number of nitrogens with one attached hydrogen (secondary N) is 1. The van der Waals surface area contributed by atoms with Crippen molar-refractivity contribution in [2.75, 3.05) is 12.4 Å². The number of likely N-dealkylation sites (N-methyl/N-ethyl adjacent to an activating group) is 1. The Morgan fingerprint density at radius 2 is 1.80 bits per heavy atom. The zero-order chi connectivity index (χ0) is 23.0. The summed E-state index contributed by atoms with van der Waals surface area (Å²) in [5.41, 5.74) is 0.635. The Hall–Kier alpha value is -1.62. The van der Waals surface area contributed by atoms with Crippen molar-refractivity contribution in [3.05, 3.63) is 39.5 Å². The number of carbonyl (C=O) groups excluding carboxylic acids is 1. The lowest BCUT2D eigenvalue weighted by Gasteiger charge is -2.30. The van der Waals surface area contributed by atoms with E-state index in [2.05, 4.69) is 9.68 Å². The first-order chi connectivity index (χ1) is 13.6. The van der Waals surface area contributed by atoms with E-state index < -0.39 is 26.9 Å². The highest BCUT2D eigenvalue weighted by atomic mass is 32.3. The van der Waals surface area contributed by atoms with Crippen molar-refractivity contribution < 1.29 is 18.5 Å². The van der Waals surface area contributed by atoms with Crippen molar-refractivity contribution in [2.24, 2.45) is 9.50 Å². The van der Waals surface area contributed by atoms with Gasteiger partial charge in [-0.25, -0.2) is 18.5 Å². The molecule has 2 atom stereocenters. The molecule has 0 bridgehead atoms. The molecule has 4 N–H and O–H groups in total. The molecule has 10 heteroatoms. The third kappa shape index (κ3) is 5.54. The minimum Gasteiger partial charge on any atom is -0.387 e. The van der Waals surface area contributed by atoms with Crippen LogP contribution in [0.25, 0.3) is 0 Å². The fourth-order valence-corrected chi connectivity index (χ4v) is 5.85. The molecule has 0 fully saturated rings. The Balaban J connectivity index is 2.38. The van der Waals surface area contributed by atoms with Gasteiger partial charge in [0, 0.05) is 18.9 Å². The van der Waals surface area contributed by atoms with Gasteiger partial charge in [0.1, 0.15) is 15.4 Å². The molecule has 0 spiro atoms. The number of hydrogen-bond acceptors (Lipinski definition) is 5. The van der Waals surface area contributed by atoms with Crippen molar-refractivity contribution >= 4 is 33.4 Å². The van der Waals surface area contributed by atoms with E-state index in [-0.39, 0.29) is 21.9 Å². The quantitative estimate of drug-likeness (QED) is 0.601. The van der Waals surface area contributed by atoms with Gasteiger partial charge in [0.15, 0.2) is 9.92 Å². The molecule has 7 nitrogen and oxygen atoms in total. The van der Waals surface area contributed by atoms with E-state index in [0.717, 1.165) is 11.8 Å². The summed E-state index contributed by atoms with van der Waals surface area (Å²) < 4.78 is 31.0. The molecule has 1 aromatic carbocycles. The van der Waals surface area contributed by atoms with E-state index in [1.165, 1.54) is 18.3 Å². The summed E-state index contributed by atoms with van der Waals surface area (Å²) in [4.78, 5) is 14.3. The average Bonchev–Trinajstić information content (AvgIpc) is 2.98. The molecule has 1 aliphatic rings. The molecule has 2 rings (SSSR count). The maximum absolute atomic E-state index is 14.1. The second-order valence-electron chi connectivity index (χ2n) is 8.60. The highest BCUT2D eigenvalue weighted by Crippen LogP contribution is 2.40. The van der Waals surface area contributed by atoms with Crippen LogP contribution in [-0.4, -0.2) is 38.3 Å². The average molecular weight is 459 g/mol. The third-order valence-electron chi connectivity index (χ3n) is 4.66. The number of benzene rings is 1. The van der Waals surface area contributed by atoms with Gasteiger partial charge in [0.25, 0.3) is 0 Å². The van der Waals surface area contributed by atoms with Gasteiger partial charge in [-0.05, 0) is 48.9 Å². The van der Waals surface area contributed by atoms with Crippen LogP contribution in [0.5, 0.6) is 0 Å². The lowest BCUT2D eigenvalue weighted by Crippen LogP contribution is -2.40. The number of thioether (sulfide) groups is 1. The zero-order valence-corrected chi connectivity index (χ0v) is 20.0. The Kier molecular flexibility index (Phi) is 7.28. The molecule has 168 valence electrons. The highest BCUT2D eigenvalue weighted by Gasteiger charge is 2.37. The number of nitrogens with zero attached hydrogens (tertiary/aromatic N) is 2. The van der Waals surface area contributed by atoms with Gasteiger partial charge in [-0.1, -0.05) is 39.5 Å². The number of aliphatic hydroxyl groups is 1. The summed E-state index contributed by atoms with van der Waals surface area (Å²) >= 11 is 1.11. The molecule has 30 heavy (non-hydrogen) atoms. The minimum absolute atomic E-state index is 0.0509. The van der Waals surface area contributed by atoms with Crippen molar-refractivity contribution in [2.45, 2.75) is 64.4 Å². The summed E-state index contributed by atoms with van der Waals surface area (Å²) in [6, 6.07) is 1.89. The van der Waals surface area contributed by atoms with E-state index in [1.54, 1.807) is 25.8 Å². The Morgan fingerprint density at radius 1 is 1.30 bits per heavy atom. The number of nitrogens with two attached hydrogens (primary N) is 1. The van der Waals surface area contributed by atoms with E-state index in [4.69, 9.17) is 5.14 Å². The second kappa shape index (κ2) is 8.86. The van der Waals surface area contributed by atoms with Crippen molar-refractivity contribution in [1.82, 2.24) is 4.90 Å². The molecule has 1 aliphatic heterocycles. The summed E-state index contributed by atoms with van der Waals surface area (Å²) in [5, 5.41) is 18.4. The molecular formula is C20H31FN4O3S2. The lowest BCUT2D eigenvalue weighted by molar-refractivity contribution is 0.0437. The van der Waals surface area contributed by atoms with Crippen molar-refractivity contribution in [3.63, 3.8) is 0 Å². The van der Waals surface area contributed by atoms with E-state index in [1.807, 2.05) is 27.7 Å². The number of rotatable bonds is 5. The molecule has 0 saturated heterocycles. The number of hydrogen-bond donors (Lipinski definition) is 3. The summed E-state index contributed by atoms with van der Waals surface area (Å²) in [6.45, 7) is 10.8. The predicted molar refractivity (Wildman–Crippen MR) is 122 cm³/mol. The van der Waals surface area contributed by atoms with Gasteiger partial charge < -0.3 is 15.3 Å². The monoisotopic (exact) mass is 458 g/mol. The Bertz CT molecular complexity index is 948. The molecule has 0 radical (unpaired) electrons. The van der Waals surface area contributed by atoms with Crippen molar-refractivity contribution in [3.8, 4) is 0 Å². The number of urea groups is 1. The van der Waals surface area contributed by atoms with Gasteiger partial charge in [0.2, 0.25) is 0 Å².